The molecule has 29 heavy (non-hydrogen) atoms. The van der Waals surface area contributed by atoms with Gasteiger partial charge in [-0.25, -0.2) is 0 Å². The summed E-state index contributed by atoms with van der Waals surface area (Å²) in [5.41, 5.74) is 1.00. The highest BCUT2D eigenvalue weighted by Crippen LogP contribution is 2.62. The number of rotatable bonds is 5. The third-order valence-electron chi connectivity index (χ3n) is 8.00. The number of hydrogen-bond donors (Lipinski definition) is 2. The predicted molar refractivity (Wildman–Crippen MR) is 116 cm³/mol. The van der Waals surface area contributed by atoms with E-state index in [0.717, 1.165) is 58.0 Å². The number of carbonyl (C=O) groups excluding carboxylic acids is 1. The molecular weight excluding hydrogens is 363 g/mol. The van der Waals surface area contributed by atoms with Gasteiger partial charge in [-0.1, -0.05) is 44.2 Å². The van der Waals surface area contributed by atoms with E-state index in [1.165, 1.54) is 5.56 Å². The van der Waals surface area contributed by atoms with Crippen molar-refractivity contribution in [3.05, 3.63) is 35.9 Å². The first-order valence-corrected chi connectivity index (χ1v) is 11.5. The Labute approximate surface area is 175 Å². The predicted octanol–water partition coefficient (Wildman–Crippen LogP) is 4.76. The number of carbonyl (C=O) groups is 1. The van der Waals surface area contributed by atoms with Gasteiger partial charge < -0.3 is 10.6 Å². The standard InChI is InChI=1S/C25H37FN2O/c1-23(10-11-26)14-19-15-24(2,22(29)28-21-8-12-27-13-9-21)18-25(16-19,17-23)20-6-4-3-5-7-20/h3-7,19,21,27H,8-18H2,1-2H3,(H,28,29)/t19?,23-,24?,25?/m0/s1. The van der Waals surface area contributed by atoms with Gasteiger partial charge in [0.1, 0.15) is 0 Å². The highest BCUT2D eigenvalue weighted by atomic mass is 19.1. The van der Waals surface area contributed by atoms with Crippen molar-refractivity contribution in [1.29, 1.82) is 0 Å². The second kappa shape index (κ2) is 8.02. The minimum absolute atomic E-state index is 0.0213. The average molecular weight is 401 g/mol. The van der Waals surface area contributed by atoms with Gasteiger partial charge >= 0.3 is 0 Å². The fourth-order valence-corrected chi connectivity index (χ4v) is 7.05. The molecule has 4 atom stereocenters. The largest absolute Gasteiger partial charge is 0.353 e. The van der Waals surface area contributed by atoms with Crippen LogP contribution in [0, 0.1) is 16.7 Å². The molecule has 160 valence electrons. The van der Waals surface area contributed by atoms with Crippen LogP contribution >= 0.6 is 0 Å². The highest BCUT2D eigenvalue weighted by molar-refractivity contribution is 5.83. The summed E-state index contributed by atoms with van der Waals surface area (Å²) in [5, 5.41) is 6.77. The van der Waals surface area contributed by atoms with Crippen molar-refractivity contribution in [2.24, 2.45) is 16.7 Å². The molecule has 1 heterocycles. The summed E-state index contributed by atoms with van der Waals surface area (Å²) >= 11 is 0. The third kappa shape index (κ3) is 4.23. The fraction of sp³-hybridized carbons (Fsp3) is 0.720. The van der Waals surface area contributed by atoms with Crippen LogP contribution in [0.4, 0.5) is 4.39 Å². The van der Waals surface area contributed by atoms with E-state index < -0.39 is 0 Å². The maximum atomic E-state index is 13.5. The molecule has 1 aromatic carbocycles. The zero-order chi connectivity index (χ0) is 20.5. The minimum atomic E-state index is -0.347. The summed E-state index contributed by atoms with van der Waals surface area (Å²) in [7, 11) is 0. The number of halogens is 1. The molecule has 0 aromatic heterocycles. The molecule has 3 fully saturated rings. The number of benzene rings is 1. The normalized spacial score (nSPS) is 37.8. The van der Waals surface area contributed by atoms with E-state index in [0.29, 0.717) is 18.4 Å². The Bertz CT molecular complexity index is 719. The number of nitrogens with one attached hydrogen (secondary N) is 2. The van der Waals surface area contributed by atoms with Crippen molar-refractivity contribution in [2.75, 3.05) is 19.8 Å². The summed E-state index contributed by atoms with van der Waals surface area (Å²) in [5.74, 6) is 0.724. The number of alkyl halides is 1. The molecule has 3 unspecified atom stereocenters. The number of amides is 1. The van der Waals surface area contributed by atoms with Crippen molar-refractivity contribution >= 4 is 5.91 Å². The lowest BCUT2D eigenvalue weighted by atomic mass is 9.47. The van der Waals surface area contributed by atoms with Gasteiger partial charge in [0.15, 0.2) is 0 Å². The Hall–Kier alpha value is -1.42. The summed E-state index contributed by atoms with van der Waals surface area (Å²) in [6.45, 7) is 6.18. The fourth-order valence-electron chi connectivity index (χ4n) is 7.05. The minimum Gasteiger partial charge on any atom is -0.353 e. The quantitative estimate of drug-likeness (QED) is 0.748. The summed E-state index contributed by atoms with van der Waals surface area (Å²) in [4.78, 5) is 13.5. The molecule has 4 heteroatoms. The zero-order valence-corrected chi connectivity index (χ0v) is 18.1. The molecule has 1 amide bonds. The highest BCUT2D eigenvalue weighted by Gasteiger charge is 2.56. The second-order valence-electron chi connectivity index (χ2n) is 10.8. The van der Waals surface area contributed by atoms with Gasteiger partial charge in [0, 0.05) is 11.5 Å². The van der Waals surface area contributed by atoms with Gasteiger partial charge in [-0.3, -0.25) is 9.18 Å². The zero-order valence-electron chi connectivity index (χ0n) is 18.1. The maximum absolute atomic E-state index is 13.5. The van der Waals surface area contributed by atoms with Crippen molar-refractivity contribution in [3.63, 3.8) is 0 Å². The lowest BCUT2D eigenvalue weighted by Gasteiger charge is -2.58. The Balaban J connectivity index is 1.62. The number of hydrogen-bond acceptors (Lipinski definition) is 2. The van der Waals surface area contributed by atoms with Crippen molar-refractivity contribution < 1.29 is 9.18 Å². The van der Waals surface area contributed by atoms with E-state index in [2.05, 4.69) is 54.8 Å². The van der Waals surface area contributed by atoms with Gasteiger partial charge in [0.05, 0.1) is 6.67 Å². The van der Waals surface area contributed by atoms with Crippen LogP contribution in [0.25, 0.3) is 0 Å². The van der Waals surface area contributed by atoms with E-state index in [9.17, 15) is 9.18 Å². The van der Waals surface area contributed by atoms with Crippen LogP contribution in [0.1, 0.15) is 70.8 Å². The summed E-state index contributed by atoms with van der Waals surface area (Å²) in [6, 6.07) is 11.0. The van der Waals surface area contributed by atoms with Gasteiger partial charge in [-0.15, -0.1) is 0 Å². The average Bonchev–Trinajstić information content (AvgIpc) is 2.68. The van der Waals surface area contributed by atoms with Crippen LogP contribution < -0.4 is 10.6 Å². The Morgan fingerprint density at radius 3 is 2.52 bits per heavy atom. The molecule has 3 nitrogen and oxygen atoms in total. The first-order chi connectivity index (χ1) is 13.9. The van der Waals surface area contributed by atoms with Gasteiger partial charge in [0.2, 0.25) is 5.91 Å². The lowest BCUT2D eigenvalue weighted by Crippen LogP contribution is -2.56. The molecule has 3 aliphatic rings. The van der Waals surface area contributed by atoms with Crippen molar-refractivity contribution in [3.8, 4) is 0 Å². The van der Waals surface area contributed by atoms with Crippen LogP contribution in [0.2, 0.25) is 0 Å². The molecule has 2 saturated carbocycles. The number of fused-ring (bicyclic) bond motifs is 2. The van der Waals surface area contributed by atoms with Crippen LogP contribution in [-0.4, -0.2) is 31.7 Å². The first kappa shape index (κ1) is 20.8. The molecule has 2 N–H and O–H groups in total. The summed E-state index contributed by atoms with van der Waals surface area (Å²) < 4.78 is 13.4. The maximum Gasteiger partial charge on any atom is 0.226 e. The lowest BCUT2D eigenvalue weighted by molar-refractivity contribution is -0.139. The monoisotopic (exact) mass is 400 g/mol. The topological polar surface area (TPSA) is 41.1 Å². The van der Waals surface area contributed by atoms with Gasteiger partial charge in [-0.2, -0.15) is 0 Å². The van der Waals surface area contributed by atoms with Gasteiger partial charge in [0.25, 0.3) is 0 Å². The van der Waals surface area contributed by atoms with Crippen LogP contribution in [0.3, 0.4) is 0 Å². The van der Waals surface area contributed by atoms with Crippen LogP contribution in [0.5, 0.6) is 0 Å². The molecule has 1 aromatic rings. The van der Waals surface area contributed by atoms with E-state index in [-0.39, 0.29) is 28.8 Å². The molecule has 0 spiro atoms. The Kier molecular flexibility index (Phi) is 5.76. The van der Waals surface area contributed by atoms with Crippen LogP contribution in [-0.2, 0) is 10.2 Å². The van der Waals surface area contributed by atoms with Crippen LogP contribution in [0.15, 0.2) is 30.3 Å². The molecule has 4 rings (SSSR count). The second-order valence-corrected chi connectivity index (χ2v) is 10.8. The Morgan fingerprint density at radius 1 is 1.10 bits per heavy atom. The Morgan fingerprint density at radius 2 is 1.83 bits per heavy atom. The molecule has 0 radical (unpaired) electrons. The third-order valence-corrected chi connectivity index (χ3v) is 8.00. The van der Waals surface area contributed by atoms with Gasteiger partial charge in [-0.05, 0) is 86.8 Å². The molecule has 1 aliphatic heterocycles. The smallest absolute Gasteiger partial charge is 0.226 e. The SMILES string of the molecule is CC1(C(=O)NC2CCNCC2)CC2CC(c3ccccc3)(C1)C[C@@](C)(CCF)C2. The summed E-state index contributed by atoms with van der Waals surface area (Å²) in [6.07, 6.45) is 7.64. The number of piperidine rings is 1. The van der Waals surface area contributed by atoms with E-state index >= 15 is 0 Å². The van der Waals surface area contributed by atoms with E-state index in [4.69, 9.17) is 0 Å². The molecule has 2 aliphatic carbocycles. The molecule has 2 bridgehead atoms. The molecular formula is C25H37FN2O. The first-order valence-electron chi connectivity index (χ1n) is 11.5. The van der Waals surface area contributed by atoms with E-state index in [1.54, 1.807) is 0 Å². The van der Waals surface area contributed by atoms with Crippen molar-refractivity contribution in [2.45, 2.75) is 76.7 Å². The molecule has 1 saturated heterocycles. The van der Waals surface area contributed by atoms with E-state index in [1.807, 2.05) is 0 Å². The van der Waals surface area contributed by atoms with Crippen molar-refractivity contribution in [1.82, 2.24) is 10.6 Å².